The lowest BCUT2D eigenvalue weighted by Crippen LogP contribution is -2.29. The maximum atomic E-state index is 11.7. The molecule has 1 aliphatic rings. The number of primary amides is 1. The largest absolute Gasteiger partial charge is 0.366 e. The molecule has 1 saturated heterocycles. The summed E-state index contributed by atoms with van der Waals surface area (Å²) in [7, 11) is 0. The Labute approximate surface area is 131 Å². The van der Waals surface area contributed by atoms with Gasteiger partial charge in [0.25, 0.3) is 0 Å². The number of aromatic nitrogens is 1. The zero-order valence-corrected chi connectivity index (χ0v) is 12.7. The number of amides is 1. The zero-order chi connectivity index (χ0) is 15.4. The fraction of sp³-hybridized carbons (Fsp3) is 0.333. The van der Waals surface area contributed by atoms with Crippen molar-refractivity contribution in [3.05, 3.63) is 53.7 Å². The number of hydrogen-bond donors (Lipinski definition) is 1. The van der Waals surface area contributed by atoms with Crippen molar-refractivity contribution < 1.29 is 4.79 Å². The molecule has 0 spiro atoms. The average Bonchev–Trinajstić information content (AvgIpc) is 2.56. The Morgan fingerprint density at radius 3 is 2.64 bits per heavy atom. The molecule has 2 heterocycles. The van der Waals surface area contributed by atoms with Crippen LogP contribution < -0.4 is 5.73 Å². The van der Waals surface area contributed by atoms with Crippen molar-refractivity contribution in [1.29, 1.82) is 0 Å². The van der Waals surface area contributed by atoms with Gasteiger partial charge >= 0.3 is 0 Å². The number of carbonyl (C=O) groups excluding carboxylic acids is 1. The smallest absolute Gasteiger partial charge is 0.249 e. The second-order valence-electron chi connectivity index (χ2n) is 5.80. The van der Waals surface area contributed by atoms with E-state index in [1.54, 1.807) is 6.20 Å². The summed E-state index contributed by atoms with van der Waals surface area (Å²) in [6.45, 7) is 3.21. The summed E-state index contributed by atoms with van der Waals surface area (Å²) >= 11 is 0. The molecule has 22 heavy (non-hydrogen) atoms. The van der Waals surface area contributed by atoms with Gasteiger partial charge in [0.05, 0.1) is 5.69 Å². The molecule has 114 valence electrons. The Morgan fingerprint density at radius 2 is 1.95 bits per heavy atom. The number of carbonyl (C=O) groups is 1. The zero-order valence-electron chi connectivity index (χ0n) is 12.7. The number of piperidine rings is 1. The maximum absolute atomic E-state index is 11.7. The Kier molecular flexibility index (Phi) is 4.49. The third-order valence-corrected chi connectivity index (χ3v) is 4.15. The van der Waals surface area contributed by atoms with Crippen LogP contribution >= 0.6 is 0 Å². The van der Waals surface area contributed by atoms with E-state index in [2.05, 4.69) is 16.0 Å². The number of pyridine rings is 1. The van der Waals surface area contributed by atoms with E-state index in [0.717, 1.165) is 30.9 Å². The average molecular weight is 295 g/mol. The molecule has 0 saturated carbocycles. The second-order valence-corrected chi connectivity index (χ2v) is 5.80. The molecule has 1 aliphatic heterocycles. The summed E-state index contributed by atoms with van der Waals surface area (Å²) in [5.74, 6) is -0.412. The standard InChI is InChI=1S/C18H21N3O/c19-18(22)15-8-7-14(13-21-10-4-1-5-11-21)12-16(15)17-6-2-3-9-20-17/h2-3,6-9,12H,1,4-5,10-11,13H2,(H2,19,22). The van der Waals surface area contributed by atoms with Gasteiger partial charge in [0.15, 0.2) is 0 Å². The first kappa shape index (κ1) is 14.7. The van der Waals surface area contributed by atoms with Gasteiger partial charge in [-0.2, -0.15) is 0 Å². The highest BCUT2D eigenvalue weighted by Crippen LogP contribution is 2.24. The molecular formula is C18H21N3O. The Morgan fingerprint density at radius 1 is 1.14 bits per heavy atom. The number of benzene rings is 1. The number of nitrogens with zero attached hydrogens (tertiary/aromatic N) is 2. The minimum Gasteiger partial charge on any atom is -0.366 e. The van der Waals surface area contributed by atoms with Gasteiger partial charge < -0.3 is 5.73 Å². The van der Waals surface area contributed by atoms with E-state index in [-0.39, 0.29) is 0 Å². The Hall–Kier alpha value is -2.20. The normalized spacial score (nSPS) is 15.6. The molecule has 0 atom stereocenters. The molecule has 0 unspecified atom stereocenters. The van der Waals surface area contributed by atoms with Crippen LogP contribution in [0, 0.1) is 0 Å². The van der Waals surface area contributed by atoms with Crippen molar-refractivity contribution in [1.82, 2.24) is 9.88 Å². The van der Waals surface area contributed by atoms with Crippen LogP contribution in [0.4, 0.5) is 0 Å². The van der Waals surface area contributed by atoms with Crippen LogP contribution in [0.15, 0.2) is 42.6 Å². The first-order valence-corrected chi connectivity index (χ1v) is 7.80. The van der Waals surface area contributed by atoms with Crippen molar-refractivity contribution in [2.24, 2.45) is 5.73 Å². The van der Waals surface area contributed by atoms with Crippen LogP contribution in [0.5, 0.6) is 0 Å². The van der Waals surface area contributed by atoms with Crippen molar-refractivity contribution in [2.75, 3.05) is 13.1 Å². The van der Waals surface area contributed by atoms with Crippen molar-refractivity contribution in [3.63, 3.8) is 0 Å². The predicted molar refractivity (Wildman–Crippen MR) is 87.3 cm³/mol. The topological polar surface area (TPSA) is 59.2 Å². The van der Waals surface area contributed by atoms with E-state index < -0.39 is 5.91 Å². The van der Waals surface area contributed by atoms with Gasteiger partial charge in [-0.05, 0) is 55.8 Å². The van der Waals surface area contributed by atoms with Crippen molar-refractivity contribution >= 4 is 5.91 Å². The third kappa shape index (κ3) is 3.34. The molecule has 4 heteroatoms. The third-order valence-electron chi connectivity index (χ3n) is 4.15. The molecule has 0 aliphatic carbocycles. The first-order valence-electron chi connectivity index (χ1n) is 7.80. The summed E-state index contributed by atoms with van der Waals surface area (Å²) in [4.78, 5) is 18.5. The first-order chi connectivity index (χ1) is 10.7. The fourth-order valence-corrected chi connectivity index (χ4v) is 3.01. The van der Waals surface area contributed by atoms with Crippen LogP contribution in [0.25, 0.3) is 11.3 Å². The van der Waals surface area contributed by atoms with Crippen molar-refractivity contribution in [3.8, 4) is 11.3 Å². The molecular weight excluding hydrogens is 274 g/mol. The maximum Gasteiger partial charge on any atom is 0.249 e. The van der Waals surface area contributed by atoms with Crippen LogP contribution in [-0.2, 0) is 6.54 Å². The number of rotatable bonds is 4. The fourth-order valence-electron chi connectivity index (χ4n) is 3.01. The lowest BCUT2D eigenvalue weighted by Gasteiger charge is -2.26. The van der Waals surface area contributed by atoms with E-state index in [4.69, 9.17) is 5.73 Å². The highest BCUT2D eigenvalue weighted by atomic mass is 16.1. The van der Waals surface area contributed by atoms with Gasteiger partial charge in [0.2, 0.25) is 5.91 Å². The predicted octanol–water partition coefficient (Wildman–Crippen LogP) is 2.83. The van der Waals surface area contributed by atoms with Crippen LogP contribution in [-0.4, -0.2) is 28.9 Å². The highest BCUT2D eigenvalue weighted by molar-refractivity contribution is 5.99. The minimum atomic E-state index is -0.412. The lowest BCUT2D eigenvalue weighted by atomic mass is 9.99. The summed E-state index contributed by atoms with van der Waals surface area (Å²) < 4.78 is 0. The van der Waals surface area contributed by atoms with Crippen LogP contribution in [0.3, 0.4) is 0 Å². The van der Waals surface area contributed by atoms with E-state index >= 15 is 0 Å². The number of nitrogens with two attached hydrogens (primary N) is 1. The molecule has 3 rings (SSSR count). The molecule has 2 N–H and O–H groups in total. The van der Waals surface area contributed by atoms with Gasteiger partial charge in [-0.1, -0.05) is 18.6 Å². The summed E-state index contributed by atoms with van der Waals surface area (Å²) in [5.41, 5.74) is 8.85. The molecule has 1 aromatic heterocycles. The number of hydrogen-bond acceptors (Lipinski definition) is 3. The van der Waals surface area contributed by atoms with Crippen LogP contribution in [0.1, 0.15) is 35.2 Å². The minimum absolute atomic E-state index is 0.412. The quantitative estimate of drug-likeness (QED) is 0.943. The summed E-state index contributed by atoms with van der Waals surface area (Å²) in [5, 5.41) is 0. The van der Waals surface area contributed by atoms with E-state index in [9.17, 15) is 4.79 Å². The summed E-state index contributed by atoms with van der Waals surface area (Å²) in [6, 6.07) is 11.6. The Balaban J connectivity index is 1.91. The molecule has 1 amide bonds. The molecule has 4 nitrogen and oxygen atoms in total. The van der Waals surface area contributed by atoms with Crippen molar-refractivity contribution in [2.45, 2.75) is 25.8 Å². The van der Waals surface area contributed by atoms with Gasteiger partial charge in [0.1, 0.15) is 0 Å². The summed E-state index contributed by atoms with van der Waals surface area (Å²) in [6.07, 6.45) is 5.60. The van der Waals surface area contributed by atoms with Gasteiger partial charge in [-0.3, -0.25) is 14.7 Å². The van der Waals surface area contributed by atoms with E-state index in [0.29, 0.717) is 5.56 Å². The second kappa shape index (κ2) is 6.71. The number of likely N-dealkylation sites (tertiary alicyclic amines) is 1. The van der Waals surface area contributed by atoms with E-state index in [1.165, 1.54) is 24.8 Å². The van der Waals surface area contributed by atoms with Crippen LogP contribution in [0.2, 0.25) is 0 Å². The molecule has 0 radical (unpaired) electrons. The highest BCUT2D eigenvalue weighted by Gasteiger charge is 2.14. The molecule has 0 bridgehead atoms. The Bertz CT molecular complexity index is 649. The SMILES string of the molecule is NC(=O)c1ccc(CN2CCCCC2)cc1-c1ccccn1. The lowest BCUT2D eigenvalue weighted by molar-refractivity contribution is 0.100. The van der Waals surface area contributed by atoms with Gasteiger partial charge in [0, 0.05) is 23.9 Å². The molecule has 1 aromatic carbocycles. The van der Waals surface area contributed by atoms with E-state index in [1.807, 2.05) is 30.3 Å². The monoisotopic (exact) mass is 295 g/mol. The molecule has 1 fully saturated rings. The van der Waals surface area contributed by atoms with Gasteiger partial charge in [-0.25, -0.2) is 0 Å². The molecule has 2 aromatic rings. The van der Waals surface area contributed by atoms with Gasteiger partial charge in [-0.15, -0.1) is 0 Å².